The van der Waals surface area contributed by atoms with Gasteiger partial charge in [0.25, 0.3) is 5.91 Å². The van der Waals surface area contributed by atoms with Gasteiger partial charge in [-0.3, -0.25) is 9.69 Å². The molecule has 3 heterocycles. The lowest BCUT2D eigenvalue weighted by Gasteiger charge is -2.33. The highest BCUT2D eigenvalue weighted by molar-refractivity contribution is 5.92. The molecule has 20 heavy (non-hydrogen) atoms. The average Bonchev–Trinajstić information content (AvgIpc) is 2.86. The summed E-state index contributed by atoms with van der Waals surface area (Å²) >= 11 is 0. The third-order valence-electron chi connectivity index (χ3n) is 3.94. The quantitative estimate of drug-likeness (QED) is 0.675. The highest BCUT2D eigenvalue weighted by Crippen LogP contribution is 2.12. The van der Waals surface area contributed by atoms with Crippen LogP contribution < -0.4 is 5.32 Å². The Balaban J connectivity index is 1.57. The molecule has 110 valence electrons. The van der Waals surface area contributed by atoms with Crippen molar-refractivity contribution in [2.24, 2.45) is 0 Å². The van der Waals surface area contributed by atoms with E-state index in [1.165, 1.54) is 0 Å². The van der Waals surface area contributed by atoms with Gasteiger partial charge in [-0.25, -0.2) is 4.68 Å². The highest BCUT2D eigenvalue weighted by atomic mass is 16.3. The van der Waals surface area contributed by atoms with Crippen LogP contribution in [0.15, 0.2) is 6.20 Å². The van der Waals surface area contributed by atoms with Crippen molar-refractivity contribution >= 4 is 5.91 Å². The second-order valence-corrected chi connectivity index (χ2v) is 5.25. The maximum absolute atomic E-state index is 12.3. The van der Waals surface area contributed by atoms with Crippen molar-refractivity contribution in [3.63, 3.8) is 0 Å². The molecule has 0 atom stereocenters. The van der Waals surface area contributed by atoms with Gasteiger partial charge in [-0.15, -0.1) is 5.10 Å². The Morgan fingerprint density at radius 3 is 2.70 bits per heavy atom. The van der Waals surface area contributed by atoms with Crippen molar-refractivity contribution in [1.29, 1.82) is 0 Å². The molecule has 8 heteroatoms. The fraction of sp³-hybridized carbons (Fsp3) is 0.750. The number of rotatable bonds is 4. The van der Waals surface area contributed by atoms with E-state index in [-0.39, 0.29) is 12.5 Å². The van der Waals surface area contributed by atoms with Crippen molar-refractivity contribution in [3.05, 3.63) is 11.9 Å². The molecule has 0 aliphatic carbocycles. The Bertz CT molecular complexity index is 464. The van der Waals surface area contributed by atoms with Gasteiger partial charge in [0.15, 0.2) is 5.69 Å². The van der Waals surface area contributed by atoms with Crippen LogP contribution in [0, 0.1) is 0 Å². The number of piperazine rings is 1. The zero-order valence-electron chi connectivity index (χ0n) is 11.4. The number of aliphatic hydroxyl groups excluding tert-OH is 1. The maximum Gasteiger partial charge on any atom is 0.276 e. The van der Waals surface area contributed by atoms with Crippen LogP contribution in [0.5, 0.6) is 0 Å². The Hall–Kier alpha value is -1.51. The second kappa shape index (κ2) is 5.86. The summed E-state index contributed by atoms with van der Waals surface area (Å²) < 4.78 is 1.77. The zero-order valence-corrected chi connectivity index (χ0v) is 11.4. The fourth-order valence-electron chi connectivity index (χ4n) is 2.49. The smallest absolute Gasteiger partial charge is 0.276 e. The summed E-state index contributed by atoms with van der Waals surface area (Å²) in [6, 6.07) is 0.324. The molecule has 0 saturated carbocycles. The van der Waals surface area contributed by atoms with Gasteiger partial charge in [-0.05, 0) is 0 Å². The van der Waals surface area contributed by atoms with E-state index in [4.69, 9.17) is 5.11 Å². The molecule has 0 aromatic carbocycles. The Morgan fingerprint density at radius 2 is 2.10 bits per heavy atom. The van der Waals surface area contributed by atoms with Crippen LogP contribution >= 0.6 is 0 Å². The number of carbonyl (C=O) groups excluding carboxylic acids is 1. The van der Waals surface area contributed by atoms with Crippen molar-refractivity contribution in [2.45, 2.75) is 6.04 Å². The molecular weight excluding hydrogens is 260 g/mol. The van der Waals surface area contributed by atoms with Crippen molar-refractivity contribution < 1.29 is 9.90 Å². The number of amides is 1. The standard InChI is InChI=1S/C12H20N6O2/c19-6-5-16-1-3-17(4-2-16)12(20)11-9-18(15-14-11)10-7-13-8-10/h9-10,13,19H,1-8H2. The fourth-order valence-corrected chi connectivity index (χ4v) is 2.49. The molecule has 0 bridgehead atoms. The minimum atomic E-state index is -0.0489. The number of hydrogen-bond acceptors (Lipinski definition) is 6. The van der Waals surface area contributed by atoms with Crippen molar-refractivity contribution in [3.8, 4) is 0 Å². The Labute approximate surface area is 117 Å². The molecule has 2 N–H and O–H groups in total. The Kier molecular flexibility index (Phi) is 3.95. The number of nitrogens with zero attached hydrogens (tertiary/aromatic N) is 5. The number of nitrogens with one attached hydrogen (secondary N) is 1. The minimum Gasteiger partial charge on any atom is -0.395 e. The summed E-state index contributed by atoms with van der Waals surface area (Å²) in [5, 5.41) is 20.1. The van der Waals surface area contributed by atoms with Crippen LogP contribution in [0.1, 0.15) is 16.5 Å². The van der Waals surface area contributed by atoms with Crippen LogP contribution in [0.3, 0.4) is 0 Å². The van der Waals surface area contributed by atoms with Gasteiger partial charge in [0.1, 0.15) is 0 Å². The van der Waals surface area contributed by atoms with Crippen molar-refractivity contribution in [1.82, 2.24) is 30.1 Å². The lowest BCUT2D eigenvalue weighted by Crippen LogP contribution is -2.49. The molecule has 8 nitrogen and oxygen atoms in total. The number of hydrogen-bond donors (Lipinski definition) is 2. The van der Waals surface area contributed by atoms with E-state index < -0.39 is 0 Å². The molecule has 1 amide bonds. The van der Waals surface area contributed by atoms with Crippen LogP contribution in [0.2, 0.25) is 0 Å². The van der Waals surface area contributed by atoms with Gasteiger partial charge in [0, 0.05) is 45.8 Å². The Morgan fingerprint density at radius 1 is 1.35 bits per heavy atom. The van der Waals surface area contributed by atoms with E-state index >= 15 is 0 Å². The number of β-amino-alcohol motifs (C(OH)–C–C–N with tert-alkyl or cyclic N) is 1. The molecule has 0 unspecified atom stereocenters. The third-order valence-corrected chi connectivity index (χ3v) is 3.94. The molecule has 3 rings (SSSR count). The molecule has 2 saturated heterocycles. The van der Waals surface area contributed by atoms with Gasteiger partial charge in [0.05, 0.1) is 18.8 Å². The molecule has 2 aliphatic heterocycles. The minimum absolute atomic E-state index is 0.0489. The first-order valence-electron chi connectivity index (χ1n) is 7.03. The number of aromatic nitrogens is 3. The third kappa shape index (κ3) is 2.67. The molecular formula is C12H20N6O2. The monoisotopic (exact) mass is 280 g/mol. The first kappa shape index (κ1) is 13.5. The van der Waals surface area contributed by atoms with Crippen LogP contribution in [-0.2, 0) is 0 Å². The number of carbonyl (C=O) groups is 1. The maximum atomic E-state index is 12.3. The van der Waals surface area contributed by atoms with Gasteiger partial charge >= 0.3 is 0 Å². The highest BCUT2D eigenvalue weighted by Gasteiger charge is 2.26. The van der Waals surface area contributed by atoms with Crippen LogP contribution in [0.25, 0.3) is 0 Å². The summed E-state index contributed by atoms with van der Waals surface area (Å²) in [6.45, 7) is 5.56. The lowest BCUT2D eigenvalue weighted by molar-refractivity contribution is 0.0609. The van der Waals surface area contributed by atoms with E-state index in [9.17, 15) is 4.79 Å². The summed E-state index contributed by atoms with van der Waals surface area (Å²) in [4.78, 5) is 16.3. The topological polar surface area (TPSA) is 86.5 Å². The number of aliphatic hydroxyl groups is 1. The molecule has 0 radical (unpaired) electrons. The summed E-state index contributed by atoms with van der Waals surface area (Å²) in [5.74, 6) is -0.0489. The van der Waals surface area contributed by atoms with Crippen molar-refractivity contribution in [2.75, 3.05) is 52.4 Å². The summed E-state index contributed by atoms with van der Waals surface area (Å²) in [5.41, 5.74) is 0.424. The largest absolute Gasteiger partial charge is 0.395 e. The normalized spacial score (nSPS) is 20.9. The van der Waals surface area contributed by atoms with E-state index in [1.807, 2.05) is 0 Å². The lowest BCUT2D eigenvalue weighted by atomic mass is 10.2. The predicted molar refractivity (Wildman–Crippen MR) is 71.4 cm³/mol. The van der Waals surface area contributed by atoms with Gasteiger partial charge in [0.2, 0.25) is 0 Å². The van der Waals surface area contributed by atoms with Gasteiger partial charge in [-0.1, -0.05) is 5.21 Å². The predicted octanol–water partition coefficient (Wildman–Crippen LogP) is -1.83. The van der Waals surface area contributed by atoms with Crippen LogP contribution in [-0.4, -0.2) is 88.2 Å². The van der Waals surface area contributed by atoms with Gasteiger partial charge in [-0.2, -0.15) is 0 Å². The van der Waals surface area contributed by atoms with Crippen LogP contribution in [0.4, 0.5) is 0 Å². The second-order valence-electron chi connectivity index (χ2n) is 5.25. The average molecular weight is 280 g/mol. The first-order chi connectivity index (χ1) is 9.78. The van der Waals surface area contributed by atoms with Gasteiger partial charge < -0.3 is 15.3 Å². The summed E-state index contributed by atoms with van der Waals surface area (Å²) in [7, 11) is 0. The van der Waals surface area contributed by atoms with E-state index in [0.717, 1.165) is 26.2 Å². The molecule has 1 aromatic heterocycles. The molecule has 2 aliphatic rings. The van der Waals surface area contributed by atoms with E-state index in [1.54, 1.807) is 15.8 Å². The summed E-state index contributed by atoms with van der Waals surface area (Å²) in [6.07, 6.45) is 1.74. The van der Waals surface area contributed by atoms with E-state index in [0.29, 0.717) is 31.4 Å². The molecule has 1 aromatic rings. The molecule has 2 fully saturated rings. The molecule has 0 spiro atoms. The zero-order chi connectivity index (χ0) is 13.9. The SMILES string of the molecule is O=C(c1cn(C2CNC2)nn1)N1CCN(CCO)CC1. The van der Waals surface area contributed by atoms with E-state index in [2.05, 4.69) is 20.5 Å². The first-order valence-corrected chi connectivity index (χ1v) is 7.03.